The van der Waals surface area contributed by atoms with E-state index in [-0.39, 0.29) is 42.3 Å². The molecule has 1 aromatic carbocycles. The van der Waals surface area contributed by atoms with Crippen LogP contribution in [0, 0.1) is 0 Å². The minimum absolute atomic E-state index is 0.0505. The highest BCUT2D eigenvalue weighted by atomic mass is 16.7. The molecular formula is C20H23N7O4. The number of tetrazole rings is 1. The van der Waals surface area contributed by atoms with Crippen LogP contribution in [0.2, 0.25) is 0 Å². The number of aromatic nitrogens is 6. The van der Waals surface area contributed by atoms with Crippen molar-refractivity contribution in [3.63, 3.8) is 0 Å². The maximum absolute atomic E-state index is 13.2. The Morgan fingerprint density at radius 3 is 2.65 bits per heavy atom. The lowest BCUT2D eigenvalue weighted by Crippen LogP contribution is -2.43. The number of carbonyl (C=O) groups excluding carboxylic acids is 1. The second kappa shape index (κ2) is 9.47. The van der Waals surface area contributed by atoms with Crippen molar-refractivity contribution in [2.24, 2.45) is 0 Å². The Labute approximate surface area is 178 Å². The highest BCUT2D eigenvalue weighted by Gasteiger charge is 2.29. The van der Waals surface area contributed by atoms with Crippen LogP contribution < -0.4 is 0 Å². The van der Waals surface area contributed by atoms with Gasteiger partial charge in [-0.05, 0) is 23.6 Å². The quantitative estimate of drug-likeness (QED) is 0.523. The van der Waals surface area contributed by atoms with E-state index in [9.17, 15) is 14.7 Å². The molecule has 1 aliphatic carbocycles. The highest BCUT2D eigenvalue weighted by molar-refractivity contribution is 5.87. The van der Waals surface area contributed by atoms with Crippen LogP contribution in [0.15, 0.2) is 36.4 Å². The Morgan fingerprint density at radius 1 is 1.19 bits per heavy atom. The SMILES string of the molecule is O=C(O)c1cc(-c2nn[nH]n2)nn1CC(=O)N(OCc1ccccc1)C1CCCCC1. The Kier molecular flexibility index (Phi) is 6.32. The second-order valence-corrected chi connectivity index (χ2v) is 7.38. The van der Waals surface area contributed by atoms with Crippen molar-refractivity contribution in [2.45, 2.75) is 51.3 Å². The Morgan fingerprint density at radius 2 is 1.97 bits per heavy atom. The third-order valence-corrected chi connectivity index (χ3v) is 5.22. The van der Waals surface area contributed by atoms with Crippen LogP contribution in [0.25, 0.3) is 11.5 Å². The average molecular weight is 425 g/mol. The molecule has 1 fully saturated rings. The molecule has 0 saturated heterocycles. The van der Waals surface area contributed by atoms with Gasteiger partial charge < -0.3 is 5.11 Å². The molecule has 0 aliphatic heterocycles. The number of aromatic amines is 1. The van der Waals surface area contributed by atoms with Gasteiger partial charge in [-0.2, -0.15) is 10.3 Å². The lowest BCUT2D eigenvalue weighted by Gasteiger charge is -2.33. The molecule has 0 unspecified atom stereocenters. The largest absolute Gasteiger partial charge is 0.477 e. The number of amides is 1. The summed E-state index contributed by atoms with van der Waals surface area (Å²) < 4.78 is 1.14. The molecule has 0 radical (unpaired) electrons. The number of hydrogen-bond donors (Lipinski definition) is 2. The van der Waals surface area contributed by atoms with Crippen molar-refractivity contribution in [2.75, 3.05) is 0 Å². The zero-order valence-electron chi connectivity index (χ0n) is 16.8. The Hall–Kier alpha value is -3.60. The first-order valence-corrected chi connectivity index (χ1v) is 10.2. The predicted octanol–water partition coefficient (Wildman–Crippen LogP) is 2.05. The van der Waals surface area contributed by atoms with Crippen LogP contribution in [-0.2, 0) is 22.8 Å². The number of carbonyl (C=O) groups is 2. The van der Waals surface area contributed by atoms with E-state index >= 15 is 0 Å². The van der Waals surface area contributed by atoms with Gasteiger partial charge in [0.25, 0.3) is 5.91 Å². The summed E-state index contributed by atoms with van der Waals surface area (Å²) in [6, 6.07) is 10.9. The van der Waals surface area contributed by atoms with E-state index in [1.807, 2.05) is 30.3 Å². The van der Waals surface area contributed by atoms with Crippen molar-refractivity contribution < 1.29 is 19.5 Å². The van der Waals surface area contributed by atoms with Crippen molar-refractivity contribution in [1.82, 2.24) is 35.5 Å². The number of nitrogens with zero attached hydrogens (tertiary/aromatic N) is 6. The summed E-state index contributed by atoms with van der Waals surface area (Å²) in [6.45, 7) is -0.0210. The molecule has 3 aromatic rings. The fourth-order valence-electron chi connectivity index (χ4n) is 3.70. The smallest absolute Gasteiger partial charge is 0.354 e. The van der Waals surface area contributed by atoms with Gasteiger partial charge in [0.15, 0.2) is 0 Å². The van der Waals surface area contributed by atoms with Gasteiger partial charge in [-0.15, -0.1) is 10.2 Å². The first kappa shape index (κ1) is 20.7. The number of aromatic carboxylic acids is 1. The summed E-state index contributed by atoms with van der Waals surface area (Å²) in [6.07, 6.45) is 4.87. The molecule has 1 amide bonds. The molecule has 11 heteroatoms. The van der Waals surface area contributed by atoms with Gasteiger partial charge in [-0.3, -0.25) is 9.63 Å². The van der Waals surface area contributed by atoms with E-state index in [1.165, 1.54) is 11.1 Å². The van der Waals surface area contributed by atoms with E-state index in [0.717, 1.165) is 42.3 Å². The molecule has 162 valence electrons. The number of hydrogen-bond acceptors (Lipinski definition) is 7. The van der Waals surface area contributed by atoms with Crippen LogP contribution in [0.1, 0.15) is 48.2 Å². The third kappa shape index (κ3) is 4.94. The lowest BCUT2D eigenvalue weighted by molar-refractivity contribution is -0.210. The first-order valence-electron chi connectivity index (χ1n) is 10.2. The van der Waals surface area contributed by atoms with Gasteiger partial charge in [0.2, 0.25) is 5.82 Å². The Bertz CT molecular complexity index is 1010. The van der Waals surface area contributed by atoms with Gasteiger partial charge in [0, 0.05) is 6.07 Å². The highest BCUT2D eigenvalue weighted by Crippen LogP contribution is 2.24. The average Bonchev–Trinajstić information content (AvgIpc) is 3.45. The van der Waals surface area contributed by atoms with Crippen molar-refractivity contribution >= 4 is 11.9 Å². The number of rotatable bonds is 8. The van der Waals surface area contributed by atoms with Crippen molar-refractivity contribution in [3.8, 4) is 11.5 Å². The molecule has 1 aliphatic rings. The maximum atomic E-state index is 13.2. The minimum atomic E-state index is -1.20. The van der Waals surface area contributed by atoms with Crippen molar-refractivity contribution in [1.29, 1.82) is 0 Å². The minimum Gasteiger partial charge on any atom is -0.477 e. The van der Waals surface area contributed by atoms with E-state index in [2.05, 4.69) is 25.7 Å². The molecule has 0 spiro atoms. The molecular weight excluding hydrogens is 402 g/mol. The van der Waals surface area contributed by atoms with Crippen LogP contribution in [-0.4, -0.2) is 58.5 Å². The summed E-state index contributed by atoms with van der Waals surface area (Å²) in [5.74, 6) is -1.41. The molecule has 2 heterocycles. The molecule has 0 bridgehead atoms. The Balaban J connectivity index is 1.54. The monoisotopic (exact) mass is 425 g/mol. The summed E-state index contributed by atoms with van der Waals surface area (Å²) in [5, 5.41) is 28.6. The zero-order valence-corrected chi connectivity index (χ0v) is 16.8. The normalized spacial score (nSPS) is 14.5. The van der Waals surface area contributed by atoms with Gasteiger partial charge in [-0.25, -0.2) is 14.5 Å². The predicted molar refractivity (Wildman–Crippen MR) is 107 cm³/mol. The number of carboxylic acid groups (broad SMARTS) is 1. The summed E-state index contributed by atoms with van der Waals surface area (Å²) >= 11 is 0. The van der Waals surface area contributed by atoms with Gasteiger partial charge in [-0.1, -0.05) is 49.6 Å². The van der Waals surface area contributed by atoms with E-state index in [1.54, 1.807) is 0 Å². The second-order valence-electron chi connectivity index (χ2n) is 7.38. The number of hydroxylamine groups is 2. The summed E-state index contributed by atoms with van der Waals surface area (Å²) in [4.78, 5) is 30.8. The van der Waals surface area contributed by atoms with E-state index in [4.69, 9.17) is 4.84 Å². The van der Waals surface area contributed by atoms with Crippen molar-refractivity contribution in [3.05, 3.63) is 47.7 Å². The van der Waals surface area contributed by atoms with Crippen LogP contribution >= 0.6 is 0 Å². The summed E-state index contributed by atoms with van der Waals surface area (Å²) in [5.41, 5.74) is 1.02. The molecule has 31 heavy (non-hydrogen) atoms. The summed E-state index contributed by atoms with van der Waals surface area (Å²) in [7, 11) is 0. The van der Waals surface area contributed by atoms with Gasteiger partial charge in [0.1, 0.15) is 24.5 Å². The molecule has 2 aromatic heterocycles. The lowest BCUT2D eigenvalue weighted by atomic mass is 9.95. The van der Waals surface area contributed by atoms with Crippen LogP contribution in [0.3, 0.4) is 0 Å². The zero-order chi connectivity index (χ0) is 21.6. The number of benzene rings is 1. The third-order valence-electron chi connectivity index (χ3n) is 5.22. The fraction of sp³-hybridized carbons (Fsp3) is 0.400. The molecule has 4 rings (SSSR count). The molecule has 2 N–H and O–H groups in total. The topological polar surface area (TPSA) is 139 Å². The fourth-order valence-corrected chi connectivity index (χ4v) is 3.70. The molecule has 0 atom stereocenters. The van der Waals surface area contributed by atoms with Gasteiger partial charge >= 0.3 is 5.97 Å². The first-order chi connectivity index (χ1) is 15.1. The maximum Gasteiger partial charge on any atom is 0.354 e. The van der Waals surface area contributed by atoms with E-state index < -0.39 is 5.97 Å². The number of carboxylic acids is 1. The molecule has 11 nitrogen and oxygen atoms in total. The standard InChI is InChI=1S/C20H23N7O4/c28-18(12-26-17(20(29)30)11-16(23-26)19-21-24-25-22-19)27(15-9-5-2-6-10-15)31-13-14-7-3-1-4-8-14/h1,3-4,7-8,11,15H,2,5-6,9-10,12-13H2,(H,29,30)(H,21,22,24,25). The van der Waals surface area contributed by atoms with Crippen LogP contribution in [0.5, 0.6) is 0 Å². The van der Waals surface area contributed by atoms with E-state index in [0.29, 0.717) is 0 Å². The molecule has 1 saturated carbocycles. The van der Waals surface area contributed by atoms with Crippen LogP contribution in [0.4, 0.5) is 0 Å². The van der Waals surface area contributed by atoms with Gasteiger partial charge in [0.05, 0.1) is 6.04 Å². The number of nitrogens with one attached hydrogen (secondary N) is 1. The number of H-pyrrole nitrogens is 1.